The molecule has 31 heavy (non-hydrogen) atoms. The van der Waals surface area contributed by atoms with Crippen LogP contribution in [0.25, 0.3) is 0 Å². The minimum atomic E-state index is -0.135. The van der Waals surface area contributed by atoms with Crippen LogP contribution in [0, 0.1) is 22.2 Å². The van der Waals surface area contributed by atoms with Crippen LogP contribution in [0.2, 0.25) is 0 Å². The predicted molar refractivity (Wildman–Crippen MR) is 118 cm³/mol. The Labute approximate surface area is 182 Å². The summed E-state index contributed by atoms with van der Waals surface area (Å²) >= 11 is 0. The van der Waals surface area contributed by atoms with E-state index in [1.165, 1.54) is 17.5 Å². The van der Waals surface area contributed by atoms with Gasteiger partial charge in [-0.2, -0.15) is 0 Å². The Hall–Kier alpha value is -2.97. The van der Waals surface area contributed by atoms with E-state index >= 15 is 0 Å². The van der Waals surface area contributed by atoms with Crippen molar-refractivity contribution in [3.8, 4) is 0 Å². The van der Waals surface area contributed by atoms with Crippen molar-refractivity contribution in [3.05, 3.63) is 41.1 Å². The molecule has 9 heteroatoms. The Morgan fingerprint density at radius 1 is 1.29 bits per heavy atom. The number of anilines is 2. The van der Waals surface area contributed by atoms with Crippen LogP contribution in [0.4, 0.5) is 11.5 Å². The van der Waals surface area contributed by atoms with Crippen LogP contribution in [0.3, 0.4) is 0 Å². The van der Waals surface area contributed by atoms with E-state index < -0.39 is 0 Å². The fraction of sp³-hybridized carbons (Fsp3) is 0.591. The lowest BCUT2D eigenvalue weighted by atomic mass is 9.97. The van der Waals surface area contributed by atoms with Crippen molar-refractivity contribution in [2.45, 2.75) is 39.5 Å². The van der Waals surface area contributed by atoms with Gasteiger partial charge in [0.25, 0.3) is 5.89 Å². The van der Waals surface area contributed by atoms with Gasteiger partial charge in [-0.05, 0) is 42.2 Å². The normalized spacial score (nSPS) is 23.0. The first-order valence-electron chi connectivity index (χ1n) is 10.8. The summed E-state index contributed by atoms with van der Waals surface area (Å²) in [5.41, 5.74) is 1.88. The number of hydrogen-bond donors (Lipinski definition) is 1. The molecule has 2 fully saturated rings. The number of rotatable bonds is 6. The van der Waals surface area contributed by atoms with Gasteiger partial charge < -0.3 is 14.6 Å². The molecule has 1 saturated heterocycles. The number of carbonyl (C=O) groups is 1. The zero-order valence-electron chi connectivity index (χ0n) is 18.5. The van der Waals surface area contributed by atoms with Crippen LogP contribution in [0.15, 0.2) is 34.3 Å². The molecule has 1 saturated carbocycles. The largest absolute Gasteiger partial charge is 0.441 e. The van der Waals surface area contributed by atoms with Gasteiger partial charge in [0.15, 0.2) is 5.82 Å². The molecule has 3 heterocycles. The number of likely N-dealkylation sites (tertiary alicyclic amines) is 1. The predicted octanol–water partition coefficient (Wildman–Crippen LogP) is 3.91. The molecule has 0 radical (unpaired) electrons. The maximum Gasteiger partial charge on any atom is 0.309 e. The number of nitrogens with one attached hydrogen (secondary N) is 1. The molecule has 1 N–H and O–H groups in total. The van der Waals surface area contributed by atoms with E-state index in [1.54, 1.807) is 7.05 Å². The van der Waals surface area contributed by atoms with E-state index in [4.69, 9.17) is 9.40 Å². The minimum Gasteiger partial charge on any atom is -0.441 e. The molecule has 1 aliphatic carbocycles. The van der Waals surface area contributed by atoms with Gasteiger partial charge in [0.1, 0.15) is 6.26 Å². The second-order valence-corrected chi connectivity index (χ2v) is 9.86. The van der Waals surface area contributed by atoms with Gasteiger partial charge in [-0.15, -0.1) is 4.91 Å². The summed E-state index contributed by atoms with van der Waals surface area (Å²) in [4.78, 5) is 34.4. The summed E-state index contributed by atoms with van der Waals surface area (Å²) in [6.45, 7) is 8.64. The maximum absolute atomic E-state index is 12.5. The molecule has 2 aromatic rings. The van der Waals surface area contributed by atoms with Crippen LogP contribution in [0.5, 0.6) is 0 Å². The molecule has 0 bridgehead atoms. The molecular formula is C22H30N6O3. The summed E-state index contributed by atoms with van der Waals surface area (Å²) in [5, 5.41) is 7.74. The first kappa shape index (κ1) is 21.3. The smallest absolute Gasteiger partial charge is 0.309 e. The van der Waals surface area contributed by atoms with Crippen LogP contribution < -0.4 is 10.3 Å². The number of oxazole rings is 1. The number of carbonyl (C=O) groups excluding carboxylic acids is 1. The first-order valence-corrected chi connectivity index (χ1v) is 10.8. The van der Waals surface area contributed by atoms with Crippen molar-refractivity contribution in [1.29, 1.82) is 0 Å². The number of hydrogen-bond acceptors (Lipinski definition) is 7. The highest BCUT2D eigenvalue weighted by Gasteiger charge is 2.44. The molecule has 9 nitrogen and oxygen atoms in total. The van der Waals surface area contributed by atoms with Crippen LogP contribution >= 0.6 is 0 Å². The molecule has 2 atom stereocenters. The quantitative estimate of drug-likeness (QED) is 0.551. The number of nitrogens with zero attached hydrogens (tertiary/aromatic N) is 5. The topological polar surface area (TPSA) is 104 Å². The van der Waals surface area contributed by atoms with E-state index in [9.17, 15) is 9.70 Å². The second kappa shape index (κ2) is 8.28. The summed E-state index contributed by atoms with van der Waals surface area (Å²) in [6, 6.07) is 4.05. The number of pyridine rings is 1. The first-order chi connectivity index (χ1) is 14.7. The Balaban J connectivity index is 1.45. The number of aromatic nitrogens is 2. The molecule has 4 rings (SSSR count). The third-order valence-corrected chi connectivity index (χ3v) is 6.21. The fourth-order valence-corrected chi connectivity index (χ4v) is 4.65. The van der Waals surface area contributed by atoms with E-state index in [1.807, 2.05) is 11.0 Å². The minimum absolute atomic E-state index is 0.0977. The lowest BCUT2D eigenvalue weighted by molar-refractivity contribution is 0.0740. The van der Waals surface area contributed by atoms with Crippen molar-refractivity contribution in [3.63, 3.8) is 0 Å². The maximum atomic E-state index is 12.5. The highest BCUT2D eigenvalue weighted by molar-refractivity contribution is 5.89. The molecule has 1 amide bonds. The van der Waals surface area contributed by atoms with Crippen molar-refractivity contribution in [1.82, 2.24) is 14.9 Å². The van der Waals surface area contributed by atoms with Crippen molar-refractivity contribution < 1.29 is 9.21 Å². The van der Waals surface area contributed by atoms with Gasteiger partial charge in [-0.25, -0.2) is 15.0 Å². The summed E-state index contributed by atoms with van der Waals surface area (Å²) < 4.78 is 5.16. The van der Waals surface area contributed by atoms with Crippen LogP contribution in [0.1, 0.15) is 55.9 Å². The Kier molecular flexibility index (Phi) is 5.68. The third kappa shape index (κ3) is 4.55. The number of fused-ring (bicyclic) bond motifs is 1. The molecule has 1 aliphatic heterocycles. The Morgan fingerprint density at radius 2 is 2.00 bits per heavy atom. The van der Waals surface area contributed by atoms with Gasteiger partial charge in [-0.3, -0.25) is 4.79 Å². The average molecular weight is 427 g/mol. The molecule has 2 aliphatic rings. The zero-order valence-corrected chi connectivity index (χ0v) is 18.5. The number of amides is 1. The molecule has 166 valence electrons. The lowest BCUT2D eigenvalue weighted by Crippen LogP contribution is -2.30. The monoisotopic (exact) mass is 426 g/mol. The Morgan fingerprint density at radius 3 is 2.58 bits per heavy atom. The van der Waals surface area contributed by atoms with E-state index in [-0.39, 0.29) is 17.2 Å². The van der Waals surface area contributed by atoms with Crippen LogP contribution in [-0.4, -0.2) is 47.5 Å². The van der Waals surface area contributed by atoms with E-state index in [0.29, 0.717) is 23.6 Å². The fourth-order valence-electron chi connectivity index (χ4n) is 4.65. The molecular weight excluding hydrogens is 396 g/mol. The summed E-state index contributed by atoms with van der Waals surface area (Å²) in [6.07, 6.45) is 4.86. The molecule has 2 aromatic heterocycles. The van der Waals surface area contributed by atoms with Crippen molar-refractivity contribution in [2.75, 3.05) is 37.0 Å². The van der Waals surface area contributed by atoms with E-state index in [0.717, 1.165) is 43.9 Å². The van der Waals surface area contributed by atoms with Gasteiger partial charge in [0.2, 0.25) is 0 Å². The van der Waals surface area contributed by atoms with Gasteiger partial charge in [-0.1, -0.05) is 20.8 Å². The SMILES string of the molecule is CN(N=O)c1nc(C2CC3CN(C(=O)c4ncco4)CC3C2)ccc1NCC(C)(C)C. The molecule has 0 aromatic carbocycles. The van der Waals surface area contributed by atoms with E-state index in [2.05, 4.69) is 42.4 Å². The highest BCUT2D eigenvalue weighted by Crippen LogP contribution is 2.46. The average Bonchev–Trinajstić information content (AvgIpc) is 3.46. The summed E-state index contributed by atoms with van der Waals surface area (Å²) in [5.74, 6) is 1.76. The third-order valence-electron chi connectivity index (χ3n) is 6.21. The molecule has 0 spiro atoms. The van der Waals surface area contributed by atoms with Gasteiger partial charge >= 0.3 is 5.91 Å². The van der Waals surface area contributed by atoms with Gasteiger partial charge in [0, 0.05) is 38.3 Å². The zero-order chi connectivity index (χ0) is 22.2. The lowest BCUT2D eigenvalue weighted by Gasteiger charge is -2.23. The standard InChI is InChI=1S/C22H30N6O3/c1-22(2,3)13-24-18-6-5-17(25-19(18)27(4)26-30)14-9-15-11-28(12-16(15)10-14)21(29)20-23-7-8-31-20/h5-8,14-16,24H,9-13H2,1-4H3. The van der Waals surface area contributed by atoms with Gasteiger partial charge in [0.05, 0.1) is 17.2 Å². The van der Waals surface area contributed by atoms with Crippen molar-refractivity contribution >= 4 is 17.4 Å². The van der Waals surface area contributed by atoms with Crippen LogP contribution in [-0.2, 0) is 0 Å². The number of nitroso groups, excluding NO2 is 1. The second-order valence-electron chi connectivity index (χ2n) is 9.86. The Bertz CT molecular complexity index is 925. The molecule has 2 unspecified atom stereocenters. The summed E-state index contributed by atoms with van der Waals surface area (Å²) in [7, 11) is 1.62. The highest BCUT2D eigenvalue weighted by atomic mass is 16.4. The van der Waals surface area contributed by atoms with Crippen molar-refractivity contribution in [2.24, 2.45) is 22.5 Å².